The molecule has 0 radical (unpaired) electrons. The summed E-state index contributed by atoms with van der Waals surface area (Å²) in [7, 11) is 0.582. The molecular weight excluding hydrogens is 384 g/mol. The monoisotopic (exact) mass is 431 g/mol. The first-order chi connectivity index (χ1) is 13.3. The Balaban J connectivity index is 1.79. The van der Waals surface area contributed by atoms with Crippen molar-refractivity contribution in [3.63, 3.8) is 0 Å². The van der Waals surface area contributed by atoms with Gasteiger partial charge < -0.3 is 4.90 Å². The van der Waals surface area contributed by atoms with E-state index in [0.717, 1.165) is 11.3 Å². The van der Waals surface area contributed by atoms with Gasteiger partial charge in [-0.15, -0.1) is 15.8 Å². The van der Waals surface area contributed by atoms with Crippen LogP contribution >= 0.6 is 27.6 Å². The molecule has 0 saturated heterocycles. The van der Waals surface area contributed by atoms with E-state index < -0.39 is 0 Å². The maximum Gasteiger partial charge on any atom is 0.00725 e. The standard InChI is InChI=1S/C23H47NP2S/c1-4-25(22-12-8-6-9-13-22)19-16-24(18-21-27-3)17-20-26(5-2)23-14-10-7-11-15-23/h22-23H,4-21H2,1-3H3. The Kier molecular flexibility index (Phi) is 13.6. The normalized spacial score (nSPS) is 22.2. The zero-order valence-corrected chi connectivity index (χ0v) is 21.2. The molecule has 0 aromatic rings. The Morgan fingerprint density at radius 2 is 1.15 bits per heavy atom. The Morgan fingerprint density at radius 1 is 0.704 bits per heavy atom. The van der Waals surface area contributed by atoms with Crippen molar-refractivity contribution in [1.29, 1.82) is 0 Å². The van der Waals surface area contributed by atoms with E-state index in [1.807, 2.05) is 11.8 Å². The molecule has 2 saturated carbocycles. The van der Waals surface area contributed by atoms with Gasteiger partial charge in [-0.25, -0.2) is 0 Å². The van der Waals surface area contributed by atoms with E-state index in [9.17, 15) is 0 Å². The zero-order chi connectivity index (χ0) is 19.3. The fourth-order valence-electron chi connectivity index (χ4n) is 5.19. The van der Waals surface area contributed by atoms with Crippen molar-refractivity contribution in [3.05, 3.63) is 0 Å². The molecule has 2 aliphatic carbocycles. The van der Waals surface area contributed by atoms with Crippen molar-refractivity contribution in [3.8, 4) is 0 Å². The molecule has 0 heterocycles. The molecule has 0 bridgehead atoms. The highest BCUT2D eigenvalue weighted by molar-refractivity contribution is 7.98. The molecule has 2 unspecified atom stereocenters. The fraction of sp³-hybridized carbons (Fsp3) is 1.00. The predicted molar refractivity (Wildman–Crippen MR) is 133 cm³/mol. The Labute approximate surface area is 178 Å². The van der Waals surface area contributed by atoms with Gasteiger partial charge >= 0.3 is 0 Å². The highest BCUT2D eigenvalue weighted by Gasteiger charge is 2.24. The van der Waals surface area contributed by atoms with Crippen LogP contribution in [0, 0.1) is 0 Å². The van der Waals surface area contributed by atoms with Crippen molar-refractivity contribution in [1.82, 2.24) is 4.90 Å². The summed E-state index contributed by atoms with van der Waals surface area (Å²) in [5.41, 5.74) is 2.22. The molecule has 2 rings (SSSR count). The first-order valence-corrected chi connectivity index (χ1v) is 16.9. The summed E-state index contributed by atoms with van der Waals surface area (Å²) in [6.07, 6.45) is 23.5. The number of hydrogen-bond donors (Lipinski definition) is 0. The molecule has 2 aliphatic rings. The molecule has 0 aromatic carbocycles. The topological polar surface area (TPSA) is 3.24 Å². The van der Waals surface area contributed by atoms with E-state index >= 15 is 0 Å². The van der Waals surface area contributed by atoms with E-state index in [0.29, 0.717) is 15.8 Å². The molecule has 4 heteroatoms. The number of hydrogen-bond acceptors (Lipinski definition) is 2. The minimum atomic E-state index is 0.291. The summed E-state index contributed by atoms with van der Waals surface area (Å²) >= 11 is 2.04. The average Bonchev–Trinajstić information content (AvgIpc) is 2.73. The molecule has 0 amide bonds. The third-order valence-electron chi connectivity index (χ3n) is 7.01. The quantitative estimate of drug-likeness (QED) is 0.281. The third-order valence-corrected chi connectivity index (χ3v) is 13.9. The van der Waals surface area contributed by atoms with Crippen molar-refractivity contribution < 1.29 is 0 Å². The largest absolute Gasteiger partial charge is 0.302 e. The van der Waals surface area contributed by atoms with Gasteiger partial charge in [0, 0.05) is 25.4 Å². The smallest absolute Gasteiger partial charge is 0.00725 e. The lowest BCUT2D eigenvalue weighted by Gasteiger charge is -2.34. The number of thioether (sulfide) groups is 1. The van der Waals surface area contributed by atoms with Crippen LogP contribution in [-0.2, 0) is 0 Å². The van der Waals surface area contributed by atoms with Crippen LogP contribution in [0.5, 0.6) is 0 Å². The van der Waals surface area contributed by atoms with E-state index in [4.69, 9.17) is 0 Å². The second kappa shape index (κ2) is 15.0. The SMILES string of the molecule is CCP(CCN(CCSC)CCP(CC)C1CCCCC1)C1CCCCC1. The molecule has 0 aromatic heterocycles. The van der Waals surface area contributed by atoms with Crippen molar-refractivity contribution >= 4 is 27.6 Å². The first kappa shape index (κ1) is 24.4. The third kappa shape index (κ3) is 9.24. The van der Waals surface area contributed by atoms with Crippen LogP contribution in [0.1, 0.15) is 78.1 Å². The van der Waals surface area contributed by atoms with Crippen LogP contribution in [-0.4, -0.2) is 72.5 Å². The minimum Gasteiger partial charge on any atom is -0.302 e. The van der Waals surface area contributed by atoms with E-state index in [2.05, 4.69) is 25.0 Å². The van der Waals surface area contributed by atoms with E-state index in [1.54, 1.807) is 25.7 Å². The van der Waals surface area contributed by atoms with Gasteiger partial charge in [-0.1, -0.05) is 52.4 Å². The van der Waals surface area contributed by atoms with Gasteiger partial charge in [0.25, 0.3) is 0 Å². The minimum absolute atomic E-state index is 0.291. The predicted octanol–water partition coefficient (Wildman–Crippen LogP) is 7.32. The molecule has 27 heavy (non-hydrogen) atoms. The number of rotatable bonds is 13. The molecule has 2 atom stereocenters. The first-order valence-electron chi connectivity index (χ1n) is 12.0. The summed E-state index contributed by atoms with van der Waals surface area (Å²) in [5, 5.41) is 0. The molecule has 160 valence electrons. The van der Waals surface area contributed by atoms with Crippen LogP contribution in [0.25, 0.3) is 0 Å². The maximum atomic E-state index is 2.87. The van der Waals surface area contributed by atoms with Crippen molar-refractivity contribution in [2.75, 3.05) is 56.3 Å². The highest BCUT2D eigenvalue weighted by Crippen LogP contribution is 2.48. The van der Waals surface area contributed by atoms with Gasteiger partial charge in [0.2, 0.25) is 0 Å². The molecule has 0 spiro atoms. The Hall–Kier alpha value is 1.17. The van der Waals surface area contributed by atoms with Gasteiger partial charge in [-0.2, -0.15) is 11.8 Å². The van der Waals surface area contributed by atoms with Crippen LogP contribution in [0.15, 0.2) is 0 Å². The summed E-state index contributed by atoms with van der Waals surface area (Å²) in [6.45, 7) is 9.08. The lowest BCUT2D eigenvalue weighted by Crippen LogP contribution is -2.33. The van der Waals surface area contributed by atoms with Crippen molar-refractivity contribution in [2.45, 2.75) is 89.4 Å². The Bertz CT molecular complexity index is 326. The number of nitrogens with zero attached hydrogens (tertiary/aromatic N) is 1. The molecule has 1 nitrogen and oxygen atoms in total. The summed E-state index contributed by atoms with van der Waals surface area (Å²) in [6, 6.07) is 0. The van der Waals surface area contributed by atoms with Crippen molar-refractivity contribution in [2.24, 2.45) is 0 Å². The second-order valence-corrected chi connectivity index (χ2v) is 15.6. The maximum absolute atomic E-state index is 2.87. The van der Waals surface area contributed by atoms with Gasteiger partial charge in [-0.05, 0) is 67.9 Å². The van der Waals surface area contributed by atoms with Gasteiger partial charge in [0.15, 0.2) is 0 Å². The summed E-state index contributed by atoms with van der Waals surface area (Å²) in [4.78, 5) is 2.87. The molecular formula is C23H47NP2S. The van der Waals surface area contributed by atoms with Crippen LogP contribution < -0.4 is 0 Å². The summed E-state index contributed by atoms with van der Waals surface area (Å²) in [5.74, 6) is 1.32. The lowest BCUT2D eigenvalue weighted by molar-refractivity contribution is 0.327. The summed E-state index contributed by atoms with van der Waals surface area (Å²) < 4.78 is 0. The van der Waals surface area contributed by atoms with Crippen LogP contribution in [0.4, 0.5) is 0 Å². The molecule has 0 N–H and O–H groups in total. The van der Waals surface area contributed by atoms with Gasteiger partial charge in [0.1, 0.15) is 0 Å². The van der Waals surface area contributed by atoms with Crippen LogP contribution in [0.2, 0.25) is 0 Å². The van der Waals surface area contributed by atoms with Crippen LogP contribution in [0.3, 0.4) is 0 Å². The van der Waals surface area contributed by atoms with E-state index in [-0.39, 0.29) is 0 Å². The average molecular weight is 432 g/mol. The zero-order valence-electron chi connectivity index (χ0n) is 18.6. The fourth-order valence-corrected chi connectivity index (χ4v) is 11.3. The lowest BCUT2D eigenvalue weighted by atomic mass is 10.0. The molecule has 2 fully saturated rings. The second-order valence-electron chi connectivity index (χ2n) is 8.68. The Morgan fingerprint density at radius 3 is 1.52 bits per heavy atom. The van der Waals surface area contributed by atoms with Gasteiger partial charge in [-0.3, -0.25) is 0 Å². The highest BCUT2D eigenvalue weighted by atomic mass is 32.2. The van der Waals surface area contributed by atoms with E-state index in [1.165, 1.54) is 88.6 Å². The molecule has 0 aliphatic heterocycles. The van der Waals surface area contributed by atoms with Gasteiger partial charge in [0.05, 0.1) is 0 Å².